The average Bonchev–Trinajstić information content (AvgIpc) is 3.34. The van der Waals surface area contributed by atoms with Crippen LogP contribution in [0.2, 0.25) is 0 Å². The highest BCUT2D eigenvalue weighted by atomic mass is 19.4. The molecule has 12 heteroatoms. The van der Waals surface area contributed by atoms with Crippen molar-refractivity contribution in [3.05, 3.63) is 78.9 Å². The molecule has 0 bridgehead atoms. The van der Waals surface area contributed by atoms with Gasteiger partial charge in [0.15, 0.2) is 5.65 Å². The molecule has 9 nitrogen and oxygen atoms in total. The second-order valence-corrected chi connectivity index (χ2v) is 10.2. The summed E-state index contributed by atoms with van der Waals surface area (Å²) in [6.07, 6.45) is 0.105. The molecule has 4 heterocycles. The lowest BCUT2D eigenvalue weighted by Crippen LogP contribution is -2.52. The van der Waals surface area contributed by atoms with E-state index in [0.717, 1.165) is 22.3 Å². The first-order valence-electron chi connectivity index (χ1n) is 13.5. The third kappa shape index (κ3) is 5.52. The van der Waals surface area contributed by atoms with Gasteiger partial charge in [0, 0.05) is 60.9 Å². The number of pyridine rings is 1. The number of piperazine rings is 1. The first kappa shape index (κ1) is 27.3. The highest BCUT2D eigenvalue weighted by Gasteiger charge is 2.31. The molecular formula is C30H28F3N7O2. The highest BCUT2D eigenvalue weighted by Crippen LogP contribution is 2.32. The zero-order valence-electron chi connectivity index (χ0n) is 23.0. The highest BCUT2D eigenvalue weighted by molar-refractivity contribution is 5.92. The number of benzene rings is 2. The van der Waals surface area contributed by atoms with Crippen molar-refractivity contribution in [1.29, 1.82) is 0 Å². The van der Waals surface area contributed by atoms with Crippen molar-refractivity contribution in [2.24, 2.45) is 0 Å². The number of aromatic nitrogens is 4. The molecule has 1 saturated heterocycles. The Hall–Kier alpha value is -4.87. The summed E-state index contributed by atoms with van der Waals surface area (Å²) in [5.74, 6) is 0.146. The van der Waals surface area contributed by atoms with Gasteiger partial charge in [0.1, 0.15) is 23.3 Å². The van der Waals surface area contributed by atoms with E-state index in [1.807, 2.05) is 30.0 Å². The lowest BCUT2D eigenvalue weighted by molar-refractivity contribution is -0.274. The number of aryl methyl sites for hydroxylation is 1. The number of anilines is 2. The number of ether oxygens (including phenoxy) is 1. The Bertz CT molecular complexity index is 1750. The predicted octanol–water partition coefficient (Wildman–Crippen LogP) is 5.30. The summed E-state index contributed by atoms with van der Waals surface area (Å²) in [7, 11) is 0. The van der Waals surface area contributed by atoms with E-state index in [1.54, 1.807) is 29.9 Å². The van der Waals surface area contributed by atoms with Crippen molar-refractivity contribution in [1.82, 2.24) is 24.3 Å². The van der Waals surface area contributed by atoms with Crippen LogP contribution in [0.4, 0.5) is 24.7 Å². The van der Waals surface area contributed by atoms with E-state index >= 15 is 0 Å². The van der Waals surface area contributed by atoms with Crippen LogP contribution in [0.3, 0.4) is 0 Å². The predicted molar refractivity (Wildman–Crippen MR) is 153 cm³/mol. The van der Waals surface area contributed by atoms with Crippen molar-refractivity contribution in [2.75, 3.05) is 36.4 Å². The maximum atomic E-state index is 13.6. The fourth-order valence-electron chi connectivity index (χ4n) is 5.32. The van der Waals surface area contributed by atoms with Gasteiger partial charge >= 0.3 is 6.36 Å². The Kier molecular flexibility index (Phi) is 7.05. The number of alkyl halides is 3. The van der Waals surface area contributed by atoms with Gasteiger partial charge in [-0.05, 0) is 50.2 Å². The number of carbonyl (C=O) groups is 1. The van der Waals surface area contributed by atoms with Crippen LogP contribution in [0.25, 0.3) is 27.8 Å². The number of nitrogens with one attached hydrogen (secondary N) is 1. The van der Waals surface area contributed by atoms with Gasteiger partial charge in [0.05, 0.1) is 11.7 Å². The van der Waals surface area contributed by atoms with Crippen LogP contribution in [0.1, 0.15) is 12.6 Å². The number of hydrogen-bond acceptors (Lipinski definition) is 7. The van der Waals surface area contributed by atoms with E-state index in [1.165, 1.54) is 24.3 Å². The Morgan fingerprint density at radius 3 is 2.50 bits per heavy atom. The Morgan fingerprint density at radius 1 is 1.02 bits per heavy atom. The van der Waals surface area contributed by atoms with E-state index < -0.39 is 12.4 Å². The number of halogens is 3. The van der Waals surface area contributed by atoms with Crippen LogP contribution in [-0.4, -0.2) is 68.7 Å². The summed E-state index contributed by atoms with van der Waals surface area (Å²) in [5.41, 5.74) is 4.58. The second-order valence-electron chi connectivity index (χ2n) is 10.2. The van der Waals surface area contributed by atoms with Crippen molar-refractivity contribution < 1.29 is 22.7 Å². The SMILES string of the molecule is Cc1cc(N2CCN(C(=O)C(C)Nc3c(-c4ccc(OC(F)(F)F)cc4)nc4cnccn34)CC2)c2ccccc2n1. The summed E-state index contributed by atoms with van der Waals surface area (Å²) in [4.78, 5) is 31.1. The number of carbonyl (C=O) groups excluding carboxylic acids is 1. The molecule has 0 spiro atoms. The lowest BCUT2D eigenvalue weighted by atomic mass is 10.1. The molecule has 0 aliphatic carbocycles. The number of hydrogen-bond donors (Lipinski definition) is 1. The smallest absolute Gasteiger partial charge is 0.406 e. The van der Waals surface area contributed by atoms with Crippen molar-refractivity contribution in [2.45, 2.75) is 26.3 Å². The summed E-state index contributed by atoms with van der Waals surface area (Å²) in [6.45, 7) is 6.27. The molecule has 1 unspecified atom stereocenters. The topological polar surface area (TPSA) is 87.9 Å². The van der Waals surface area contributed by atoms with Gasteiger partial charge < -0.3 is 19.9 Å². The summed E-state index contributed by atoms with van der Waals surface area (Å²) in [5, 5.41) is 4.39. The largest absolute Gasteiger partial charge is 0.573 e. The van der Waals surface area contributed by atoms with E-state index in [2.05, 4.69) is 42.0 Å². The maximum absolute atomic E-state index is 13.6. The quantitative estimate of drug-likeness (QED) is 0.294. The molecule has 42 heavy (non-hydrogen) atoms. The molecular weight excluding hydrogens is 547 g/mol. The van der Waals surface area contributed by atoms with E-state index in [4.69, 9.17) is 0 Å². The van der Waals surface area contributed by atoms with Crippen molar-refractivity contribution in [3.63, 3.8) is 0 Å². The second kappa shape index (κ2) is 10.8. The van der Waals surface area contributed by atoms with E-state index in [9.17, 15) is 18.0 Å². The van der Waals surface area contributed by atoms with Gasteiger partial charge in [-0.25, -0.2) is 4.98 Å². The Morgan fingerprint density at radius 2 is 1.76 bits per heavy atom. The zero-order chi connectivity index (χ0) is 29.4. The third-order valence-electron chi connectivity index (χ3n) is 7.27. The van der Waals surface area contributed by atoms with Crippen LogP contribution in [0.15, 0.2) is 73.2 Å². The van der Waals surface area contributed by atoms with Crippen LogP contribution in [-0.2, 0) is 4.79 Å². The van der Waals surface area contributed by atoms with Gasteiger partial charge in [-0.2, -0.15) is 0 Å². The van der Waals surface area contributed by atoms with Crippen LogP contribution in [0, 0.1) is 6.92 Å². The molecule has 1 fully saturated rings. The minimum Gasteiger partial charge on any atom is -0.406 e. The van der Waals surface area contributed by atoms with Gasteiger partial charge in [0.2, 0.25) is 5.91 Å². The fourth-order valence-corrected chi connectivity index (χ4v) is 5.32. The average molecular weight is 576 g/mol. The number of imidazole rings is 1. The Balaban J connectivity index is 1.19. The first-order valence-corrected chi connectivity index (χ1v) is 13.5. The molecule has 1 N–H and O–H groups in total. The molecule has 1 amide bonds. The standard InChI is InChI=1S/C30H28F3N7O2/c1-19-17-25(23-5-3-4-6-24(23)35-19)38-13-15-39(16-14-38)29(41)20(2)36-28-27(37-26-18-34-11-12-40(26)28)21-7-9-22(10-8-21)42-30(31,32)33/h3-12,17-18,20,36H,13-16H2,1-2H3. The molecule has 5 aromatic rings. The number of para-hydroxylation sites is 1. The summed E-state index contributed by atoms with van der Waals surface area (Å²) in [6, 6.07) is 15.0. The van der Waals surface area contributed by atoms with Crippen molar-refractivity contribution >= 4 is 34.0 Å². The molecule has 3 aromatic heterocycles. The van der Waals surface area contributed by atoms with Crippen LogP contribution >= 0.6 is 0 Å². The molecule has 0 radical (unpaired) electrons. The molecule has 6 rings (SSSR count). The molecule has 1 aliphatic heterocycles. The molecule has 1 atom stereocenters. The van der Waals surface area contributed by atoms with E-state index in [-0.39, 0.29) is 11.7 Å². The number of fused-ring (bicyclic) bond motifs is 2. The van der Waals surface area contributed by atoms with Gasteiger partial charge in [-0.15, -0.1) is 13.2 Å². The minimum atomic E-state index is -4.78. The summed E-state index contributed by atoms with van der Waals surface area (Å²) >= 11 is 0. The number of rotatable bonds is 6. The monoisotopic (exact) mass is 575 g/mol. The first-order chi connectivity index (χ1) is 20.2. The van der Waals surface area contributed by atoms with Crippen LogP contribution in [0.5, 0.6) is 5.75 Å². The summed E-state index contributed by atoms with van der Waals surface area (Å²) < 4.78 is 43.7. The minimum absolute atomic E-state index is 0.0608. The lowest BCUT2D eigenvalue weighted by Gasteiger charge is -2.37. The van der Waals surface area contributed by atoms with Crippen LogP contribution < -0.4 is 15.0 Å². The van der Waals surface area contributed by atoms with Gasteiger partial charge in [-0.1, -0.05) is 18.2 Å². The molecule has 1 aliphatic rings. The maximum Gasteiger partial charge on any atom is 0.573 e. The van der Waals surface area contributed by atoms with Gasteiger partial charge in [0.25, 0.3) is 0 Å². The molecule has 0 saturated carbocycles. The normalized spacial score (nSPS) is 14.8. The Labute approximate surface area is 239 Å². The fraction of sp³-hybridized carbons (Fsp3) is 0.267. The van der Waals surface area contributed by atoms with Gasteiger partial charge in [-0.3, -0.25) is 19.2 Å². The number of nitrogens with zero attached hydrogens (tertiary/aromatic N) is 6. The third-order valence-corrected chi connectivity index (χ3v) is 7.27. The molecule has 216 valence electrons. The molecule has 2 aromatic carbocycles. The number of amides is 1. The van der Waals surface area contributed by atoms with Crippen molar-refractivity contribution in [3.8, 4) is 17.0 Å². The van der Waals surface area contributed by atoms with E-state index in [0.29, 0.717) is 48.9 Å². The zero-order valence-corrected chi connectivity index (χ0v) is 23.0.